The molecule has 0 aliphatic carbocycles. The van der Waals surface area contributed by atoms with Crippen LogP contribution >= 0.6 is 0 Å². The van der Waals surface area contributed by atoms with Crippen molar-refractivity contribution in [1.82, 2.24) is 5.32 Å². The number of rotatable bonds is 6. The lowest BCUT2D eigenvalue weighted by Gasteiger charge is -2.04. The summed E-state index contributed by atoms with van der Waals surface area (Å²) in [4.78, 5) is 0. The van der Waals surface area contributed by atoms with Crippen molar-refractivity contribution < 1.29 is 4.74 Å². The van der Waals surface area contributed by atoms with Crippen molar-refractivity contribution in [2.45, 2.75) is 12.8 Å². The largest absolute Gasteiger partial charge is 0.497 e. The summed E-state index contributed by atoms with van der Waals surface area (Å²) in [6, 6.07) is 8.14. The van der Waals surface area contributed by atoms with Gasteiger partial charge in [0, 0.05) is 13.0 Å². The highest BCUT2D eigenvalue weighted by Crippen LogP contribution is 2.11. The molecule has 0 amide bonds. The van der Waals surface area contributed by atoms with E-state index in [1.54, 1.807) is 7.11 Å². The molecule has 0 aliphatic rings. The fourth-order valence-corrected chi connectivity index (χ4v) is 1.31. The standard InChI is InChI=1S/C13H17NO/c1-3-4-10-14-11-9-12-5-7-13(15-2)8-6-12/h1,5-8,14H,4,9-11H2,2H3. The molecule has 2 heteroatoms. The Hall–Kier alpha value is -1.46. The first kappa shape index (κ1) is 11.6. The van der Waals surface area contributed by atoms with Crippen molar-refractivity contribution in [3.63, 3.8) is 0 Å². The Balaban J connectivity index is 2.23. The summed E-state index contributed by atoms with van der Waals surface area (Å²) in [5.41, 5.74) is 1.31. The van der Waals surface area contributed by atoms with Gasteiger partial charge in [-0.25, -0.2) is 0 Å². The van der Waals surface area contributed by atoms with Crippen LogP contribution in [0.5, 0.6) is 5.75 Å². The molecular weight excluding hydrogens is 186 g/mol. The van der Waals surface area contributed by atoms with E-state index in [1.807, 2.05) is 12.1 Å². The summed E-state index contributed by atoms with van der Waals surface area (Å²) in [7, 11) is 1.68. The maximum Gasteiger partial charge on any atom is 0.118 e. The zero-order valence-corrected chi connectivity index (χ0v) is 9.12. The Kier molecular flexibility index (Phi) is 5.35. The molecule has 0 unspecified atom stereocenters. The number of methoxy groups -OCH3 is 1. The van der Waals surface area contributed by atoms with E-state index < -0.39 is 0 Å². The van der Waals surface area contributed by atoms with Crippen molar-refractivity contribution in [3.8, 4) is 18.1 Å². The molecule has 1 aromatic rings. The molecule has 0 bridgehead atoms. The van der Waals surface area contributed by atoms with Crippen LogP contribution in [-0.4, -0.2) is 20.2 Å². The molecule has 2 nitrogen and oxygen atoms in total. The second-order valence-corrected chi connectivity index (χ2v) is 3.30. The minimum atomic E-state index is 0.794. The highest BCUT2D eigenvalue weighted by Gasteiger charge is 1.93. The lowest BCUT2D eigenvalue weighted by molar-refractivity contribution is 0.414. The van der Waals surface area contributed by atoms with E-state index in [2.05, 4.69) is 23.4 Å². The lowest BCUT2D eigenvalue weighted by atomic mass is 10.1. The molecular formula is C13H17NO. The summed E-state index contributed by atoms with van der Waals surface area (Å²) in [6.07, 6.45) is 6.97. The number of terminal acetylenes is 1. The van der Waals surface area contributed by atoms with E-state index >= 15 is 0 Å². The molecule has 0 heterocycles. The van der Waals surface area contributed by atoms with Gasteiger partial charge in [-0.05, 0) is 30.7 Å². The molecule has 0 saturated heterocycles. The van der Waals surface area contributed by atoms with Gasteiger partial charge in [0.2, 0.25) is 0 Å². The molecule has 0 aromatic heterocycles. The van der Waals surface area contributed by atoms with Crippen molar-refractivity contribution >= 4 is 0 Å². The van der Waals surface area contributed by atoms with Gasteiger partial charge in [0.1, 0.15) is 5.75 Å². The first-order chi connectivity index (χ1) is 7.36. The Morgan fingerprint density at radius 2 is 2.00 bits per heavy atom. The Bertz CT molecular complexity index is 310. The van der Waals surface area contributed by atoms with Gasteiger partial charge in [-0.15, -0.1) is 12.3 Å². The van der Waals surface area contributed by atoms with Gasteiger partial charge < -0.3 is 10.1 Å². The predicted octanol–water partition coefficient (Wildman–Crippen LogP) is 1.85. The average Bonchev–Trinajstić information content (AvgIpc) is 2.30. The van der Waals surface area contributed by atoms with Crippen molar-refractivity contribution in [3.05, 3.63) is 29.8 Å². The minimum absolute atomic E-state index is 0.794. The van der Waals surface area contributed by atoms with E-state index in [9.17, 15) is 0 Å². The Labute approximate surface area is 91.6 Å². The number of hydrogen-bond donors (Lipinski definition) is 1. The van der Waals surface area contributed by atoms with Gasteiger partial charge in [0.05, 0.1) is 7.11 Å². The second-order valence-electron chi connectivity index (χ2n) is 3.30. The van der Waals surface area contributed by atoms with E-state index in [0.29, 0.717) is 0 Å². The third-order valence-corrected chi connectivity index (χ3v) is 2.20. The first-order valence-electron chi connectivity index (χ1n) is 5.14. The van der Waals surface area contributed by atoms with Crippen LogP contribution in [0.25, 0.3) is 0 Å². The van der Waals surface area contributed by atoms with Gasteiger partial charge in [0.15, 0.2) is 0 Å². The fraction of sp³-hybridized carbons (Fsp3) is 0.385. The summed E-state index contributed by atoms with van der Waals surface area (Å²) in [5.74, 6) is 3.50. The van der Waals surface area contributed by atoms with Gasteiger partial charge in [-0.1, -0.05) is 12.1 Å². The van der Waals surface area contributed by atoms with Crippen LogP contribution in [0.15, 0.2) is 24.3 Å². The van der Waals surface area contributed by atoms with Gasteiger partial charge in [-0.2, -0.15) is 0 Å². The normalized spacial score (nSPS) is 9.60. The summed E-state index contributed by atoms with van der Waals surface area (Å²) < 4.78 is 5.09. The number of benzene rings is 1. The van der Waals surface area contributed by atoms with E-state index in [1.165, 1.54) is 5.56 Å². The molecule has 0 radical (unpaired) electrons. The summed E-state index contributed by atoms with van der Waals surface area (Å²) in [6.45, 7) is 1.86. The van der Waals surface area contributed by atoms with E-state index in [0.717, 1.165) is 31.7 Å². The fourth-order valence-electron chi connectivity index (χ4n) is 1.31. The SMILES string of the molecule is C#CCCNCCc1ccc(OC)cc1. The van der Waals surface area contributed by atoms with Gasteiger partial charge in [-0.3, -0.25) is 0 Å². The minimum Gasteiger partial charge on any atom is -0.497 e. The van der Waals surface area contributed by atoms with Crippen LogP contribution in [0.1, 0.15) is 12.0 Å². The molecule has 0 spiro atoms. The first-order valence-corrected chi connectivity index (χ1v) is 5.14. The Morgan fingerprint density at radius 3 is 2.60 bits per heavy atom. The van der Waals surface area contributed by atoms with E-state index in [4.69, 9.17) is 11.2 Å². The molecule has 0 atom stereocenters. The van der Waals surface area contributed by atoms with Crippen LogP contribution in [0, 0.1) is 12.3 Å². The van der Waals surface area contributed by atoms with Gasteiger partial charge in [0.25, 0.3) is 0 Å². The summed E-state index contributed by atoms with van der Waals surface area (Å²) >= 11 is 0. The lowest BCUT2D eigenvalue weighted by Crippen LogP contribution is -2.17. The monoisotopic (exact) mass is 203 g/mol. The maximum atomic E-state index is 5.15. The highest BCUT2D eigenvalue weighted by atomic mass is 16.5. The molecule has 0 fully saturated rings. The number of nitrogens with one attached hydrogen (secondary N) is 1. The molecule has 15 heavy (non-hydrogen) atoms. The molecule has 0 saturated carbocycles. The van der Waals surface area contributed by atoms with Gasteiger partial charge >= 0.3 is 0 Å². The zero-order valence-electron chi connectivity index (χ0n) is 9.12. The van der Waals surface area contributed by atoms with Crippen molar-refractivity contribution in [2.24, 2.45) is 0 Å². The molecule has 1 rings (SSSR count). The Morgan fingerprint density at radius 1 is 1.27 bits per heavy atom. The third-order valence-electron chi connectivity index (χ3n) is 2.20. The molecule has 80 valence electrons. The topological polar surface area (TPSA) is 21.3 Å². The van der Waals surface area contributed by atoms with Crippen LogP contribution in [0.2, 0.25) is 0 Å². The predicted molar refractivity (Wildman–Crippen MR) is 63.0 cm³/mol. The second kappa shape index (κ2) is 6.92. The van der Waals surface area contributed by atoms with Crippen LogP contribution in [0.4, 0.5) is 0 Å². The number of hydrogen-bond acceptors (Lipinski definition) is 2. The molecule has 0 aliphatic heterocycles. The van der Waals surface area contributed by atoms with Crippen LogP contribution in [-0.2, 0) is 6.42 Å². The van der Waals surface area contributed by atoms with E-state index in [-0.39, 0.29) is 0 Å². The van der Waals surface area contributed by atoms with Crippen molar-refractivity contribution in [2.75, 3.05) is 20.2 Å². The average molecular weight is 203 g/mol. The van der Waals surface area contributed by atoms with Crippen molar-refractivity contribution in [1.29, 1.82) is 0 Å². The third kappa shape index (κ3) is 4.53. The van der Waals surface area contributed by atoms with Crippen LogP contribution in [0.3, 0.4) is 0 Å². The van der Waals surface area contributed by atoms with Crippen LogP contribution < -0.4 is 10.1 Å². The number of ether oxygens (including phenoxy) is 1. The zero-order chi connectivity index (χ0) is 10.9. The maximum absolute atomic E-state index is 5.15. The molecule has 1 N–H and O–H groups in total. The quantitative estimate of drug-likeness (QED) is 0.563. The smallest absolute Gasteiger partial charge is 0.118 e. The highest BCUT2D eigenvalue weighted by molar-refractivity contribution is 5.27. The molecule has 1 aromatic carbocycles. The summed E-state index contributed by atoms with van der Waals surface area (Å²) in [5, 5.41) is 3.29.